The number of carbonyl (C=O) groups is 1. The number of alkyl halides is 1. The summed E-state index contributed by atoms with van der Waals surface area (Å²) in [6.07, 6.45) is 0. The van der Waals surface area contributed by atoms with E-state index in [1.54, 1.807) is 6.92 Å². The lowest BCUT2D eigenvalue weighted by Crippen LogP contribution is -2.09. The van der Waals surface area contributed by atoms with Crippen LogP contribution in [0, 0.1) is 17.0 Å². The van der Waals surface area contributed by atoms with Crippen molar-refractivity contribution < 1.29 is 14.5 Å². The van der Waals surface area contributed by atoms with Crippen molar-refractivity contribution >= 4 is 27.6 Å². The van der Waals surface area contributed by atoms with E-state index in [-0.39, 0.29) is 16.6 Å². The van der Waals surface area contributed by atoms with Crippen LogP contribution >= 0.6 is 15.9 Å². The van der Waals surface area contributed by atoms with Gasteiger partial charge in [-0.2, -0.15) is 0 Å². The van der Waals surface area contributed by atoms with Gasteiger partial charge in [-0.3, -0.25) is 10.1 Å². The summed E-state index contributed by atoms with van der Waals surface area (Å²) in [5.74, 6) is -0.560. The van der Waals surface area contributed by atoms with Crippen molar-refractivity contribution in [1.29, 1.82) is 0 Å². The molecule has 1 aromatic carbocycles. The highest BCUT2D eigenvalue weighted by molar-refractivity contribution is 9.08. The summed E-state index contributed by atoms with van der Waals surface area (Å²) in [4.78, 5) is 21.8. The Morgan fingerprint density at radius 1 is 1.56 bits per heavy atom. The minimum atomic E-state index is -0.560. The van der Waals surface area contributed by atoms with Gasteiger partial charge in [0.2, 0.25) is 0 Å². The largest absolute Gasteiger partial charge is 0.465 e. The van der Waals surface area contributed by atoms with E-state index in [1.807, 2.05) is 0 Å². The number of nitro groups is 1. The Balaban J connectivity index is 3.50. The summed E-state index contributed by atoms with van der Waals surface area (Å²) < 4.78 is 4.61. The van der Waals surface area contributed by atoms with Crippen LogP contribution < -0.4 is 0 Å². The van der Waals surface area contributed by atoms with Crippen molar-refractivity contribution in [3.05, 3.63) is 38.9 Å². The van der Waals surface area contributed by atoms with Crippen LogP contribution in [0.3, 0.4) is 0 Å². The Bertz CT molecular complexity index is 445. The summed E-state index contributed by atoms with van der Waals surface area (Å²) in [6, 6.07) is 2.93. The Hall–Kier alpha value is -1.43. The fourth-order valence-corrected chi connectivity index (χ4v) is 2.01. The van der Waals surface area contributed by atoms with Crippen molar-refractivity contribution in [2.45, 2.75) is 12.3 Å². The van der Waals surface area contributed by atoms with Gasteiger partial charge in [0.1, 0.15) is 0 Å². The molecule has 0 fully saturated rings. The van der Waals surface area contributed by atoms with Crippen LogP contribution in [0.2, 0.25) is 0 Å². The molecule has 0 N–H and O–H groups in total. The van der Waals surface area contributed by atoms with Crippen molar-refractivity contribution in [2.75, 3.05) is 7.11 Å². The molecule has 1 aromatic rings. The second-order valence-corrected chi connectivity index (χ2v) is 3.70. The molecule has 0 unspecified atom stereocenters. The molecule has 5 nitrogen and oxygen atoms in total. The van der Waals surface area contributed by atoms with E-state index in [1.165, 1.54) is 19.2 Å². The monoisotopic (exact) mass is 287 g/mol. The lowest BCUT2D eigenvalue weighted by Gasteiger charge is -2.08. The molecule has 0 aliphatic rings. The number of ether oxygens (including phenoxy) is 1. The van der Waals surface area contributed by atoms with Crippen LogP contribution in [0.1, 0.15) is 21.5 Å². The third kappa shape index (κ3) is 2.21. The van der Waals surface area contributed by atoms with E-state index in [4.69, 9.17) is 0 Å². The topological polar surface area (TPSA) is 69.4 Å². The summed E-state index contributed by atoms with van der Waals surface area (Å²) in [7, 11) is 1.25. The predicted molar refractivity (Wildman–Crippen MR) is 61.8 cm³/mol. The molecule has 0 amide bonds. The van der Waals surface area contributed by atoms with Gasteiger partial charge in [-0.1, -0.05) is 22.0 Å². The molecule has 16 heavy (non-hydrogen) atoms. The van der Waals surface area contributed by atoms with E-state index in [2.05, 4.69) is 20.7 Å². The molecule has 0 radical (unpaired) electrons. The van der Waals surface area contributed by atoms with Crippen molar-refractivity contribution in [3.8, 4) is 0 Å². The Kier molecular flexibility index (Phi) is 4.00. The van der Waals surface area contributed by atoms with E-state index < -0.39 is 10.9 Å². The number of rotatable bonds is 3. The van der Waals surface area contributed by atoms with Gasteiger partial charge in [-0.15, -0.1) is 0 Å². The van der Waals surface area contributed by atoms with E-state index in [0.29, 0.717) is 11.1 Å². The second-order valence-electron chi connectivity index (χ2n) is 3.14. The Morgan fingerprint density at radius 2 is 2.19 bits per heavy atom. The number of aryl methyl sites for hydroxylation is 1. The van der Waals surface area contributed by atoms with Crippen molar-refractivity contribution in [3.63, 3.8) is 0 Å². The van der Waals surface area contributed by atoms with Crippen LogP contribution in [0.25, 0.3) is 0 Å². The average Bonchev–Trinajstić information content (AvgIpc) is 2.26. The fraction of sp³-hybridized carbons (Fsp3) is 0.300. The predicted octanol–water partition coefficient (Wildman–Crippen LogP) is 2.58. The average molecular weight is 288 g/mol. The zero-order valence-corrected chi connectivity index (χ0v) is 10.4. The van der Waals surface area contributed by atoms with Crippen LogP contribution in [-0.4, -0.2) is 18.0 Å². The maximum atomic E-state index is 11.5. The molecule has 86 valence electrons. The molecule has 0 bridgehead atoms. The first kappa shape index (κ1) is 12.6. The first-order valence-corrected chi connectivity index (χ1v) is 5.56. The molecule has 0 aliphatic heterocycles. The van der Waals surface area contributed by atoms with Gasteiger partial charge in [0.05, 0.1) is 23.2 Å². The smallest absolute Gasteiger partial charge is 0.338 e. The van der Waals surface area contributed by atoms with E-state index in [9.17, 15) is 14.9 Å². The molecule has 6 heteroatoms. The molecular formula is C10H10BrNO4. The van der Waals surface area contributed by atoms with Gasteiger partial charge in [0.15, 0.2) is 0 Å². The molecule has 0 aliphatic carbocycles. The summed E-state index contributed by atoms with van der Waals surface area (Å²) >= 11 is 3.15. The molecule has 0 heterocycles. The van der Waals surface area contributed by atoms with Crippen LogP contribution in [0.15, 0.2) is 12.1 Å². The summed E-state index contributed by atoms with van der Waals surface area (Å²) in [5, 5.41) is 11.0. The van der Waals surface area contributed by atoms with Crippen molar-refractivity contribution in [2.24, 2.45) is 0 Å². The van der Waals surface area contributed by atoms with Crippen LogP contribution in [-0.2, 0) is 10.1 Å². The maximum Gasteiger partial charge on any atom is 0.338 e. The van der Waals surface area contributed by atoms with Gasteiger partial charge in [-0.05, 0) is 12.5 Å². The van der Waals surface area contributed by atoms with Crippen LogP contribution in [0.4, 0.5) is 5.69 Å². The number of hydrogen-bond donors (Lipinski definition) is 0. The molecule has 0 atom stereocenters. The second kappa shape index (κ2) is 5.07. The highest BCUT2D eigenvalue weighted by atomic mass is 79.9. The van der Waals surface area contributed by atoms with E-state index in [0.717, 1.165) is 0 Å². The van der Waals surface area contributed by atoms with Crippen molar-refractivity contribution in [1.82, 2.24) is 0 Å². The number of esters is 1. The SMILES string of the molecule is COC(=O)c1c(C)ccc([N+](=O)[O-])c1CBr. The quantitative estimate of drug-likeness (QED) is 0.371. The Labute approximate surface area is 101 Å². The van der Waals surface area contributed by atoms with Gasteiger partial charge in [0, 0.05) is 11.4 Å². The first-order chi connectivity index (χ1) is 7.52. The molecule has 0 aromatic heterocycles. The molecule has 0 saturated carbocycles. The minimum Gasteiger partial charge on any atom is -0.465 e. The van der Waals surface area contributed by atoms with Gasteiger partial charge in [0.25, 0.3) is 5.69 Å². The highest BCUT2D eigenvalue weighted by Crippen LogP contribution is 2.27. The molecular weight excluding hydrogens is 278 g/mol. The zero-order chi connectivity index (χ0) is 12.3. The molecule has 1 rings (SSSR count). The Morgan fingerprint density at radius 3 is 2.62 bits per heavy atom. The lowest BCUT2D eigenvalue weighted by molar-refractivity contribution is -0.385. The zero-order valence-electron chi connectivity index (χ0n) is 8.82. The van der Waals surface area contributed by atoms with Gasteiger partial charge in [-0.25, -0.2) is 4.79 Å². The number of carbonyl (C=O) groups excluding carboxylic acids is 1. The normalized spacial score (nSPS) is 9.94. The minimum absolute atomic E-state index is 0.0807. The van der Waals surface area contributed by atoms with Crippen LogP contribution in [0.5, 0.6) is 0 Å². The number of benzene rings is 1. The number of nitro benzene ring substituents is 1. The third-order valence-corrected chi connectivity index (χ3v) is 2.78. The number of halogens is 1. The standard InChI is InChI=1S/C10H10BrNO4/c1-6-3-4-8(12(14)15)7(5-11)9(6)10(13)16-2/h3-4H,5H2,1-2H3. The number of nitrogens with zero attached hydrogens (tertiary/aromatic N) is 1. The highest BCUT2D eigenvalue weighted by Gasteiger charge is 2.23. The van der Waals surface area contributed by atoms with E-state index >= 15 is 0 Å². The maximum absolute atomic E-state index is 11.5. The fourth-order valence-electron chi connectivity index (χ4n) is 1.45. The third-order valence-electron chi connectivity index (χ3n) is 2.22. The summed E-state index contributed by atoms with van der Waals surface area (Å²) in [5.41, 5.74) is 1.18. The van der Waals surface area contributed by atoms with Gasteiger partial charge < -0.3 is 4.74 Å². The number of methoxy groups -OCH3 is 1. The van der Waals surface area contributed by atoms with Gasteiger partial charge >= 0.3 is 5.97 Å². The summed E-state index contributed by atoms with van der Waals surface area (Å²) in [6.45, 7) is 1.71. The molecule has 0 spiro atoms. The lowest BCUT2D eigenvalue weighted by atomic mass is 10.0. The number of hydrogen-bond acceptors (Lipinski definition) is 4. The molecule has 0 saturated heterocycles. The first-order valence-electron chi connectivity index (χ1n) is 4.44.